The SMILES string of the molecule is Cc1ccc(CO[C@@]2(C(=O)O)C[C@H](O)[C@@H](O)[C@H](OC(=O)/C=C/c3ccc(O)cc3)C2)cc1. The van der Waals surface area contributed by atoms with Crippen molar-refractivity contribution in [2.75, 3.05) is 0 Å². The molecule has 2 aromatic carbocycles. The van der Waals surface area contributed by atoms with Crippen molar-refractivity contribution in [1.29, 1.82) is 0 Å². The monoisotopic (exact) mass is 442 g/mol. The molecule has 0 heterocycles. The average molecular weight is 442 g/mol. The Bertz CT molecular complexity index is 966. The number of carboxylic acid groups (broad SMARTS) is 1. The van der Waals surface area contributed by atoms with E-state index in [1.54, 1.807) is 12.1 Å². The van der Waals surface area contributed by atoms with Crippen molar-refractivity contribution >= 4 is 18.0 Å². The Morgan fingerprint density at radius 2 is 1.72 bits per heavy atom. The number of hydrogen-bond donors (Lipinski definition) is 4. The van der Waals surface area contributed by atoms with Crippen LogP contribution in [0.15, 0.2) is 54.6 Å². The number of phenolic OH excluding ortho intramolecular Hbond substituents is 1. The molecule has 0 amide bonds. The zero-order valence-corrected chi connectivity index (χ0v) is 17.5. The molecule has 0 radical (unpaired) electrons. The third-order valence-electron chi connectivity index (χ3n) is 5.44. The molecular weight excluding hydrogens is 416 g/mol. The number of hydrogen-bond acceptors (Lipinski definition) is 7. The highest BCUT2D eigenvalue weighted by Crippen LogP contribution is 2.35. The number of carbonyl (C=O) groups is 2. The van der Waals surface area contributed by atoms with E-state index in [-0.39, 0.29) is 25.2 Å². The smallest absolute Gasteiger partial charge is 0.336 e. The van der Waals surface area contributed by atoms with E-state index in [1.807, 2.05) is 31.2 Å². The predicted molar refractivity (Wildman–Crippen MR) is 115 cm³/mol. The summed E-state index contributed by atoms with van der Waals surface area (Å²) in [6.45, 7) is 1.91. The molecule has 0 saturated heterocycles. The molecule has 3 rings (SSSR count). The van der Waals surface area contributed by atoms with Gasteiger partial charge in [0, 0.05) is 18.9 Å². The number of aliphatic hydroxyl groups is 2. The Morgan fingerprint density at radius 1 is 1.06 bits per heavy atom. The van der Waals surface area contributed by atoms with Gasteiger partial charge in [0.1, 0.15) is 18.0 Å². The van der Waals surface area contributed by atoms with Crippen LogP contribution in [0.25, 0.3) is 6.08 Å². The fourth-order valence-electron chi connectivity index (χ4n) is 3.54. The number of carbonyl (C=O) groups excluding carboxylic acids is 1. The highest BCUT2D eigenvalue weighted by molar-refractivity contribution is 5.87. The lowest BCUT2D eigenvalue weighted by molar-refractivity contribution is -0.209. The first-order valence-electron chi connectivity index (χ1n) is 10.2. The van der Waals surface area contributed by atoms with Crippen LogP contribution in [0, 0.1) is 6.92 Å². The number of aromatic hydroxyl groups is 1. The highest BCUT2D eigenvalue weighted by Gasteiger charge is 2.52. The minimum atomic E-state index is -1.82. The number of rotatable bonds is 7. The van der Waals surface area contributed by atoms with E-state index in [0.717, 1.165) is 17.2 Å². The molecule has 1 fully saturated rings. The van der Waals surface area contributed by atoms with Crippen LogP contribution in [-0.4, -0.2) is 56.3 Å². The van der Waals surface area contributed by atoms with Gasteiger partial charge in [0.2, 0.25) is 0 Å². The number of esters is 1. The van der Waals surface area contributed by atoms with Gasteiger partial charge in [-0.2, -0.15) is 0 Å². The highest BCUT2D eigenvalue weighted by atomic mass is 16.6. The fraction of sp³-hybridized carbons (Fsp3) is 0.333. The molecule has 1 saturated carbocycles. The van der Waals surface area contributed by atoms with Crippen LogP contribution >= 0.6 is 0 Å². The van der Waals surface area contributed by atoms with Crippen molar-refractivity contribution in [3.8, 4) is 5.75 Å². The largest absolute Gasteiger partial charge is 0.508 e. The van der Waals surface area contributed by atoms with Gasteiger partial charge in [0.05, 0.1) is 12.7 Å². The Kier molecular flexibility index (Phi) is 7.29. The molecule has 0 aliphatic heterocycles. The molecule has 0 bridgehead atoms. The number of aliphatic carboxylic acids is 1. The summed E-state index contributed by atoms with van der Waals surface area (Å²) in [5.41, 5.74) is 0.604. The van der Waals surface area contributed by atoms with E-state index < -0.39 is 35.9 Å². The molecule has 1 aliphatic carbocycles. The van der Waals surface area contributed by atoms with E-state index in [2.05, 4.69) is 0 Å². The van der Waals surface area contributed by atoms with Crippen LogP contribution in [0.5, 0.6) is 5.75 Å². The summed E-state index contributed by atoms with van der Waals surface area (Å²) in [6.07, 6.45) is -2.25. The van der Waals surface area contributed by atoms with E-state index >= 15 is 0 Å². The molecule has 8 nitrogen and oxygen atoms in total. The molecule has 2 aromatic rings. The first-order chi connectivity index (χ1) is 15.2. The Hall–Kier alpha value is -3.20. The maximum absolute atomic E-state index is 12.3. The lowest BCUT2D eigenvalue weighted by Gasteiger charge is -2.41. The van der Waals surface area contributed by atoms with Crippen molar-refractivity contribution in [2.45, 2.75) is 50.3 Å². The molecule has 0 spiro atoms. The molecule has 170 valence electrons. The minimum Gasteiger partial charge on any atom is -0.508 e. The van der Waals surface area contributed by atoms with Gasteiger partial charge in [0.15, 0.2) is 5.60 Å². The van der Waals surface area contributed by atoms with E-state index in [9.17, 15) is 30.0 Å². The number of benzene rings is 2. The number of phenols is 1. The third kappa shape index (κ3) is 5.73. The maximum atomic E-state index is 12.3. The van der Waals surface area contributed by atoms with Gasteiger partial charge < -0.3 is 29.9 Å². The third-order valence-corrected chi connectivity index (χ3v) is 5.44. The number of carboxylic acids is 1. The molecular formula is C24H26O8. The molecule has 1 aliphatic rings. The standard InChI is InChI=1S/C24H26O8/c1-15-2-4-17(5-3-15)14-31-24(23(29)30)12-19(26)22(28)20(13-24)32-21(27)11-8-16-6-9-18(25)10-7-16/h2-11,19-20,22,25-26,28H,12-14H2,1H3,(H,29,30)/b11-8+/t19-,20+,22+,24-/m0/s1. The van der Waals surface area contributed by atoms with Crippen molar-refractivity contribution in [1.82, 2.24) is 0 Å². The molecule has 4 atom stereocenters. The van der Waals surface area contributed by atoms with Crippen LogP contribution in [0.4, 0.5) is 0 Å². The Balaban J connectivity index is 1.70. The first-order valence-corrected chi connectivity index (χ1v) is 10.2. The van der Waals surface area contributed by atoms with E-state index in [4.69, 9.17) is 9.47 Å². The van der Waals surface area contributed by atoms with Crippen molar-refractivity contribution in [3.63, 3.8) is 0 Å². The van der Waals surface area contributed by atoms with Crippen LogP contribution in [0.2, 0.25) is 0 Å². The predicted octanol–water partition coefficient (Wildman–Crippen LogP) is 2.18. The van der Waals surface area contributed by atoms with Gasteiger partial charge in [-0.05, 0) is 36.3 Å². The maximum Gasteiger partial charge on any atom is 0.336 e. The summed E-state index contributed by atoms with van der Waals surface area (Å²) in [5, 5.41) is 39.7. The quantitative estimate of drug-likeness (QED) is 0.379. The summed E-state index contributed by atoms with van der Waals surface area (Å²) in [6, 6.07) is 13.5. The molecule has 8 heteroatoms. The average Bonchev–Trinajstić information content (AvgIpc) is 2.76. The van der Waals surface area contributed by atoms with Crippen LogP contribution in [-0.2, 0) is 25.7 Å². The second kappa shape index (κ2) is 9.95. The van der Waals surface area contributed by atoms with Crippen molar-refractivity contribution in [3.05, 3.63) is 71.3 Å². The Labute approximate surface area is 185 Å². The molecule has 32 heavy (non-hydrogen) atoms. The minimum absolute atomic E-state index is 0.0170. The summed E-state index contributed by atoms with van der Waals surface area (Å²) in [7, 11) is 0. The topological polar surface area (TPSA) is 134 Å². The number of aryl methyl sites for hydroxylation is 1. The summed E-state index contributed by atoms with van der Waals surface area (Å²) in [5.74, 6) is -2.04. The van der Waals surface area contributed by atoms with Gasteiger partial charge >= 0.3 is 11.9 Å². The first kappa shape index (κ1) is 23.5. The van der Waals surface area contributed by atoms with Gasteiger partial charge in [-0.1, -0.05) is 42.0 Å². The molecule has 0 aromatic heterocycles. The summed E-state index contributed by atoms with van der Waals surface area (Å²) in [4.78, 5) is 24.3. The van der Waals surface area contributed by atoms with Crippen LogP contribution in [0.1, 0.15) is 29.5 Å². The van der Waals surface area contributed by atoms with Crippen molar-refractivity contribution < 1.29 is 39.5 Å². The normalized spacial score (nSPS) is 25.5. The van der Waals surface area contributed by atoms with Crippen LogP contribution in [0.3, 0.4) is 0 Å². The molecule has 4 N–H and O–H groups in total. The molecule has 0 unspecified atom stereocenters. The lowest BCUT2D eigenvalue weighted by Crippen LogP contribution is -2.58. The van der Waals surface area contributed by atoms with Crippen LogP contribution < -0.4 is 0 Å². The zero-order valence-electron chi connectivity index (χ0n) is 17.5. The second-order valence-corrected chi connectivity index (χ2v) is 7.94. The van der Waals surface area contributed by atoms with Gasteiger partial charge in [0.25, 0.3) is 0 Å². The lowest BCUT2D eigenvalue weighted by atomic mass is 9.79. The van der Waals surface area contributed by atoms with E-state index in [1.165, 1.54) is 18.2 Å². The van der Waals surface area contributed by atoms with E-state index in [0.29, 0.717) is 5.56 Å². The number of aliphatic hydroxyl groups excluding tert-OH is 2. The second-order valence-electron chi connectivity index (χ2n) is 7.94. The van der Waals surface area contributed by atoms with Gasteiger partial charge in [-0.15, -0.1) is 0 Å². The fourth-order valence-corrected chi connectivity index (χ4v) is 3.54. The van der Waals surface area contributed by atoms with Gasteiger partial charge in [-0.25, -0.2) is 9.59 Å². The zero-order chi connectivity index (χ0) is 23.3. The Morgan fingerprint density at radius 3 is 2.34 bits per heavy atom. The summed E-state index contributed by atoms with van der Waals surface area (Å²) >= 11 is 0. The van der Waals surface area contributed by atoms with Crippen molar-refractivity contribution in [2.24, 2.45) is 0 Å². The summed E-state index contributed by atoms with van der Waals surface area (Å²) < 4.78 is 11.0. The number of ether oxygens (including phenoxy) is 2. The van der Waals surface area contributed by atoms with Gasteiger partial charge in [-0.3, -0.25) is 0 Å².